The molecule has 1 aliphatic rings. The van der Waals surface area contributed by atoms with E-state index in [9.17, 15) is 4.79 Å². The van der Waals surface area contributed by atoms with Gasteiger partial charge in [-0.2, -0.15) is 0 Å². The maximum Gasteiger partial charge on any atom is 0.262 e. The van der Waals surface area contributed by atoms with Crippen molar-refractivity contribution in [2.24, 2.45) is 0 Å². The molecule has 0 unspecified atom stereocenters. The van der Waals surface area contributed by atoms with Crippen LogP contribution in [0.25, 0.3) is 20.4 Å². The number of hydrogen-bond donors (Lipinski definition) is 0. The van der Waals surface area contributed by atoms with Crippen LogP contribution in [-0.2, 0) is 19.4 Å². The molecule has 0 spiro atoms. The number of thiophene rings is 1. The van der Waals surface area contributed by atoms with E-state index in [1.54, 1.807) is 33.6 Å². The summed E-state index contributed by atoms with van der Waals surface area (Å²) in [4.78, 5) is 24.6. The Morgan fingerprint density at radius 2 is 1.96 bits per heavy atom. The molecule has 3 heterocycles. The quantitative estimate of drug-likeness (QED) is 0.494. The molecule has 4 aromatic rings. The number of fused-ring (bicyclic) bond motifs is 4. The number of aryl methyl sites for hydroxylation is 2. The summed E-state index contributed by atoms with van der Waals surface area (Å²) >= 11 is 3.35. The van der Waals surface area contributed by atoms with Gasteiger partial charge in [0, 0.05) is 4.88 Å². The van der Waals surface area contributed by atoms with E-state index in [4.69, 9.17) is 0 Å². The third-order valence-corrected chi connectivity index (χ3v) is 7.06. The van der Waals surface area contributed by atoms with Crippen molar-refractivity contribution in [2.75, 3.05) is 0 Å². The molecule has 0 N–H and O–H groups in total. The van der Waals surface area contributed by atoms with Crippen LogP contribution in [-0.4, -0.2) is 14.5 Å². The van der Waals surface area contributed by atoms with E-state index in [1.165, 1.54) is 29.7 Å². The van der Waals surface area contributed by atoms with Gasteiger partial charge in [0.1, 0.15) is 9.84 Å². The molecule has 1 aromatic carbocycles. The Kier molecular flexibility index (Phi) is 3.68. The predicted molar refractivity (Wildman–Crippen MR) is 104 cm³/mol. The second-order valence-electron chi connectivity index (χ2n) is 6.50. The van der Waals surface area contributed by atoms with Gasteiger partial charge in [0.15, 0.2) is 0 Å². The lowest BCUT2D eigenvalue weighted by molar-refractivity contribution is 0.712. The van der Waals surface area contributed by atoms with Gasteiger partial charge in [-0.3, -0.25) is 9.36 Å². The van der Waals surface area contributed by atoms with Crippen LogP contribution in [0.15, 0.2) is 35.4 Å². The van der Waals surface area contributed by atoms with Gasteiger partial charge < -0.3 is 0 Å². The van der Waals surface area contributed by atoms with Crippen molar-refractivity contribution in [2.45, 2.75) is 38.6 Å². The SMILES string of the molecule is O=c1c2c3c(sc2ncn1Cc1nc2ccccc2s1)CCCCC3. The topological polar surface area (TPSA) is 47.8 Å². The fourth-order valence-corrected chi connectivity index (χ4v) is 5.79. The van der Waals surface area contributed by atoms with Crippen LogP contribution in [0.1, 0.15) is 34.7 Å². The van der Waals surface area contributed by atoms with Crippen molar-refractivity contribution >= 4 is 43.1 Å². The van der Waals surface area contributed by atoms with Gasteiger partial charge in [-0.1, -0.05) is 18.6 Å². The molecule has 0 saturated heterocycles. The molecule has 0 radical (unpaired) electrons. The van der Waals surface area contributed by atoms with Crippen molar-refractivity contribution in [3.63, 3.8) is 0 Å². The number of rotatable bonds is 2. The molecule has 5 rings (SSSR count). The van der Waals surface area contributed by atoms with E-state index in [0.29, 0.717) is 6.54 Å². The average molecular weight is 367 g/mol. The minimum absolute atomic E-state index is 0.0867. The summed E-state index contributed by atoms with van der Waals surface area (Å²) in [6, 6.07) is 8.09. The maximum atomic E-state index is 13.1. The molecular weight excluding hydrogens is 350 g/mol. The summed E-state index contributed by atoms with van der Waals surface area (Å²) in [6.07, 6.45) is 7.44. The van der Waals surface area contributed by atoms with E-state index < -0.39 is 0 Å². The molecule has 4 nitrogen and oxygen atoms in total. The van der Waals surface area contributed by atoms with Crippen LogP contribution in [0.2, 0.25) is 0 Å². The summed E-state index contributed by atoms with van der Waals surface area (Å²) in [7, 11) is 0. The van der Waals surface area contributed by atoms with E-state index >= 15 is 0 Å². The first kappa shape index (κ1) is 15.2. The second kappa shape index (κ2) is 6.04. The van der Waals surface area contributed by atoms with Crippen LogP contribution in [0.5, 0.6) is 0 Å². The Morgan fingerprint density at radius 1 is 1.08 bits per heavy atom. The summed E-state index contributed by atoms with van der Waals surface area (Å²) in [5.41, 5.74) is 2.34. The Morgan fingerprint density at radius 3 is 2.88 bits per heavy atom. The number of benzene rings is 1. The van der Waals surface area contributed by atoms with Crippen molar-refractivity contribution in [3.05, 3.63) is 56.4 Å². The zero-order valence-electron chi connectivity index (χ0n) is 13.7. The zero-order valence-corrected chi connectivity index (χ0v) is 15.3. The minimum atomic E-state index is 0.0867. The first-order valence-corrected chi connectivity index (χ1v) is 10.3. The standard InChI is InChI=1S/C19H17N3OS2/c23-19-17-12-6-2-1-3-8-14(12)25-18(17)20-11-22(19)10-16-21-13-7-4-5-9-15(13)24-16/h4-5,7,9,11H,1-3,6,8,10H2. The number of thiazole rings is 1. The highest BCUT2D eigenvalue weighted by Gasteiger charge is 2.19. The zero-order chi connectivity index (χ0) is 16.8. The average Bonchev–Trinajstić information content (AvgIpc) is 3.11. The molecule has 0 amide bonds. The molecule has 0 aliphatic heterocycles. The molecular formula is C19H17N3OS2. The first-order chi connectivity index (χ1) is 12.3. The van der Waals surface area contributed by atoms with Gasteiger partial charge in [0.05, 0.1) is 28.5 Å². The van der Waals surface area contributed by atoms with Crippen LogP contribution in [0, 0.1) is 0 Å². The minimum Gasteiger partial charge on any atom is -0.292 e. The van der Waals surface area contributed by atoms with Crippen molar-refractivity contribution in [1.29, 1.82) is 0 Å². The number of para-hydroxylation sites is 1. The first-order valence-electron chi connectivity index (χ1n) is 8.64. The van der Waals surface area contributed by atoms with E-state index in [2.05, 4.69) is 16.0 Å². The lowest BCUT2D eigenvalue weighted by Gasteiger charge is -2.04. The van der Waals surface area contributed by atoms with Crippen LogP contribution >= 0.6 is 22.7 Å². The fraction of sp³-hybridized carbons (Fsp3) is 0.316. The van der Waals surface area contributed by atoms with Crippen molar-refractivity contribution < 1.29 is 0 Å². The van der Waals surface area contributed by atoms with Crippen LogP contribution < -0.4 is 5.56 Å². The van der Waals surface area contributed by atoms with Gasteiger partial charge in [0.25, 0.3) is 5.56 Å². The second-order valence-corrected chi connectivity index (χ2v) is 8.70. The number of hydrogen-bond acceptors (Lipinski definition) is 5. The molecule has 0 saturated carbocycles. The monoisotopic (exact) mass is 367 g/mol. The maximum absolute atomic E-state index is 13.1. The Labute approximate surface area is 152 Å². The van der Waals surface area contributed by atoms with Crippen molar-refractivity contribution in [1.82, 2.24) is 14.5 Å². The van der Waals surface area contributed by atoms with E-state index in [0.717, 1.165) is 38.3 Å². The van der Waals surface area contributed by atoms with Gasteiger partial charge in [-0.05, 0) is 43.4 Å². The Bertz CT molecular complexity index is 1110. The lowest BCUT2D eigenvalue weighted by atomic mass is 10.1. The smallest absolute Gasteiger partial charge is 0.262 e. The summed E-state index contributed by atoms with van der Waals surface area (Å²) in [5, 5.41) is 1.80. The molecule has 3 aromatic heterocycles. The summed E-state index contributed by atoms with van der Waals surface area (Å²) in [6.45, 7) is 0.492. The van der Waals surface area contributed by atoms with Gasteiger partial charge >= 0.3 is 0 Å². The molecule has 0 bridgehead atoms. The highest BCUT2D eigenvalue weighted by atomic mass is 32.1. The normalized spacial score (nSPS) is 14.7. The predicted octanol–water partition coefficient (Wildman–Crippen LogP) is 4.38. The van der Waals surface area contributed by atoms with E-state index in [1.807, 2.05) is 18.2 Å². The molecule has 25 heavy (non-hydrogen) atoms. The third kappa shape index (κ3) is 2.60. The third-order valence-electron chi connectivity index (χ3n) is 4.84. The summed E-state index contributed by atoms with van der Waals surface area (Å²) < 4.78 is 2.88. The fourth-order valence-electron chi connectivity index (χ4n) is 3.60. The molecule has 0 fully saturated rings. The van der Waals surface area contributed by atoms with Gasteiger partial charge in [-0.25, -0.2) is 9.97 Å². The lowest BCUT2D eigenvalue weighted by Crippen LogP contribution is -2.21. The largest absolute Gasteiger partial charge is 0.292 e. The highest BCUT2D eigenvalue weighted by molar-refractivity contribution is 7.19. The van der Waals surface area contributed by atoms with Gasteiger partial charge in [0.2, 0.25) is 0 Å². The van der Waals surface area contributed by atoms with E-state index in [-0.39, 0.29) is 5.56 Å². The number of aromatic nitrogens is 3. The molecule has 0 atom stereocenters. The molecule has 6 heteroatoms. The molecule has 1 aliphatic carbocycles. The van der Waals surface area contributed by atoms with Crippen molar-refractivity contribution in [3.8, 4) is 0 Å². The Hall–Kier alpha value is -2.05. The summed E-state index contributed by atoms with van der Waals surface area (Å²) in [5.74, 6) is 0. The highest BCUT2D eigenvalue weighted by Crippen LogP contribution is 2.32. The molecule has 126 valence electrons. The number of nitrogens with zero attached hydrogens (tertiary/aromatic N) is 3. The Balaban J connectivity index is 1.60. The van der Waals surface area contributed by atoms with Crippen LogP contribution in [0.3, 0.4) is 0 Å². The van der Waals surface area contributed by atoms with Crippen LogP contribution in [0.4, 0.5) is 0 Å². The van der Waals surface area contributed by atoms with Gasteiger partial charge in [-0.15, -0.1) is 22.7 Å².